The van der Waals surface area contributed by atoms with Crippen LogP contribution in [0.15, 0.2) is 60.7 Å². The number of rotatable bonds is 1. The van der Waals surface area contributed by atoms with E-state index in [-0.39, 0.29) is 5.41 Å². The molecule has 2 aromatic carbocycles. The molecule has 0 saturated carbocycles. The Kier molecular flexibility index (Phi) is 3.06. The molecule has 0 fully saturated rings. The molecule has 1 aromatic heterocycles. The lowest BCUT2D eigenvalue weighted by Gasteiger charge is -2.19. The van der Waals surface area contributed by atoms with Crippen LogP contribution in [0.3, 0.4) is 0 Å². The fourth-order valence-corrected chi connectivity index (χ4v) is 2.37. The number of aromatic nitrogens is 1. The molecule has 0 bridgehead atoms. The van der Waals surface area contributed by atoms with Gasteiger partial charge >= 0.3 is 0 Å². The molecule has 20 heavy (non-hydrogen) atoms. The molecule has 0 aliphatic carbocycles. The van der Waals surface area contributed by atoms with Gasteiger partial charge in [-0.05, 0) is 29.2 Å². The van der Waals surface area contributed by atoms with Gasteiger partial charge in [-0.1, -0.05) is 63.2 Å². The second-order valence-electron chi connectivity index (χ2n) is 6.22. The number of hydrogen-bond acceptors (Lipinski definition) is 1. The van der Waals surface area contributed by atoms with E-state index in [0.29, 0.717) is 0 Å². The lowest BCUT2D eigenvalue weighted by atomic mass is 9.86. The minimum atomic E-state index is 0.160. The van der Waals surface area contributed by atoms with Crippen LogP contribution >= 0.6 is 0 Å². The highest BCUT2D eigenvalue weighted by molar-refractivity contribution is 5.81. The van der Waals surface area contributed by atoms with E-state index in [1.54, 1.807) is 0 Å². The van der Waals surface area contributed by atoms with Crippen molar-refractivity contribution in [1.29, 1.82) is 0 Å². The first-order valence-electron chi connectivity index (χ1n) is 7.01. The fraction of sp³-hybridized carbons (Fsp3) is 0.211. The van der Waals surface area contributed by atoms with Gasteiger partial charge in [-0.2, -0.15) is 0 Å². The van der Waals surface area contributed by atoms with Crippen molar-refractivity contribution in [1.82, 2.24) is 4.98 Å². The number of pyridine rings is 1. The van der Waals surface area contributed by atoms with Gasteiger partial charge < -0.3 is 0 Å². The Labute approximate surface area is 120 Å². The maximum Gasteiger partial charge on any atom is 0.0709 e. The molecule has 0 amide bonds. The summed E-state index contributed by atoms with van der Waals surface area (Å²) in [5.74, 6) is 0. The maximum absolute atomic E-state index is 4.77. The van der Waals surface area contributed by atoms with Crippen LogP contribution in [0.4, 0.5) is 0 Å². The first-order valence-corrected chi connectivity index (χ1v) is 7.01. The average Bonchev–Trinajstić information content (AvgIpc) is 2.46. The van der Waals surface area contributed by atoms with Gasteiger partial charge in [0.1, 0.15) is 0 Å². The summed E-state index contributed by atoms with van der Waals surface area (Å²) in [6.07, 6.45) is 0. The Hall–Kier alpha value is -2.15. The second kappa shape index (κ2) is 4.75. The number of para-hydroxylation sites is 1. The molecule has 0 N–H and O–H groups in total. The lowest BCUT2D eigenvalue weighted by Crippen LogP contribution is -2.10. The van der Waals surface area contributed by atoms with Crippen LogP contribution in [0.5, 0.6) is 0 Å². The van der Waals surface area contributed by atoms with Crippen molar-refractivity contribution in [2.24, 2.45) is 0 Å². The monoisotopic (exact) mass is 261 g/mol. The van der Waals surface area contributed by atoms with Gasteiger partial charge in [0.15, 0.2) is 0 Å². The van der Waals surface area contributed by atoms with Gasteiger partial charge in [0.25, 0.3) is 0 Å². The van der Waals surface area contributed by atoms with Crippen LogP contribution in [0.1, 0.15) is 26.3 Å². The van der Waals surface area contributed by atoms with Crippen LogP contribution in [0.25, 0.3) is 22.2 Å². The molecule has 100 valence electrons. The normalized spacial score (nSPS) is 11.8. The molecule has 0 saturated heterocycles. The van der Waals surface area contributed by atoms with Crippen LogP contribution < -0.4 is 0 Å². The van der Waals surface area contributed by atoms with Crippen molar-refractivity contribution in [2.45, 2.75) is 26.2 Å². The molecule has 1 nitrogen and oxygen atoms in total. The van der Waals surface area contributed by atoms with Crippen molar-refractivity contribution in [2.75, 3.05) is 0 Å². The van der Waals surface area contributed by atoms with E-state index in [1.807, 2.05) is 12.1 Å². The summed E-state index contributed by atoms with van der Waals surface area (Å²) >= 11 is 0. The Bertz CT molecular complexity index is 751. The summed E-state index contributed by atoms with van der Waals surface area (Å²) in [6, 6.07) is 21.2. The number of nitrogens with zero attached hydrogens (tertiary/aromatic N) is 1. The van der Waals surface area contributed by atoms with E-state index in [9.17, 15) is 0 Å². The Balaban J connectivity index is 2.11. The molecule has 1 heteroatoms. The maximum atomic E-state index is 4.77. The predicted octanol–water partition coefficient (Wildman–Crippen LogP) is 5.20. The summed E-state index contributed by atoms with van der Waals surface area (Å²) < 4.78 is 0. The third-order valence-corrected chi connectivity index (χ3v) is 3.62. The van der Waals surface area contributed by atoms with Crippen LogP contribution in [0, 0.1) is 0 Å². The fourth-order valence-electron chi connectivity index (χ4n) is 2.37. The molecule has 0 unspecified atom stereocenters. The zero-order valence-electron chi connectivity index (χ0n) is 12.2. The third kappa shape index (κ3) is 2.44. The summed E-state index contributed by atoms with van der Waals surface area (Å²) in [5, 5.41) is 1.18. The van der Waals surface area contributed by atoms with E-state index < -0.39 is 0 Å². The zero-order chi connectivity index (χ0) is 14.2. The van der Waals surface area contributed by atoms with Crippen molar-refractivity contribution in [3.05, 3.63) is 66.2 Å². The van der Waals surface area contributed by atoms with Crippen molar-refractivity contribution in [3.63, 3.8) is 0 Å². The molecular formula is C19H19N. The first kappa shape index (κ1) is 12.9. The smallest absolute Gasteiger partial charge is 0.0709 e. The zero-order valence-corrected chi connectivity index (χ0v) is 12.2. The Morgan fingerprint density at radius 2 is 1.60 bits per heavy atom. The molecule has 0 spiro atoms. The largest absolute Gasteiger partial charge is 0.248 e. The van der Waals surface area contributed by atoms with E-state index in [0.717, 1.165) is 11.2 Å². The summed E-state index contributed by atoms with van der Waals surface area (Å²) in [7, 11) is 0. The molecule has 0 atom stereocenters. The second-order valence-corrected chi connectivity index (χ2v) is 6.22. The molecule has 1 heterocycles. The average molecular weight is 261 g/mol. The van der Waals surface area contributed by atoms with Crippen molar-refractivity contribution < 1.29 is 0 Å². The molecule has 0 radical (unpaired) electrons. The van der Waals surface area contributed by atoms with Gasteiger partial charge in [-0.15, -0.1) is 0 Å². The molecule has 3 aromatic rings. The van der Waals surface area contributed by atoms with E-state index >= 15 is 0 Å². The van der Waals surface area contributed by atoms with Gasteiger partial charge in [0, 0.05) is 10.9 Å². The summed E-state index contributed by atoms with van der Waals surface area (Å²) in [5.41, 5.74) is 4.77. The molecule has 0 aliphatic heterocycles. The number of hydrogen-bond donors (Lipinski definition) is 0. The van der Waals surface area contributed by atoms with E-state index in [4.69, 9.17) is 4.98 Å². The van der Waals surface area contributed by atoms with E-state index in [1.165, 1.54) is 16.5 Å². The highest BCUT2D eigenvalue weighted by Crippen LogP contribution is 2.27. The highest BCUT2D eigenvalue weighted by atomic mass is 14.7. The number of fused-ring (bicyclic) bond motifs is 1. The lowest BCUT2D eigenvalue weighted by molar-refractivity contribution is 0.590. The topological polar surface area (TPSA) is 12.9 Å². The van der Waals surface area contributed by atoms with Crippen molar-refractivity contribution >= 4 is 10.9 Å². The summed E-state index contributed by atoms with van der Waals surface area (Å²) in [4.78, 5) is 4.77. The van der Waals surface area contributed by atoms with Gasteiger partial charge in [-0.3, -0.25) is 0 Å². The minimum absolute atomic E-state index is 0.160. The van der Waals surface area contributed by atoms with Gasteiger partial charge in [0.05, 0.1) is 11.2 Å². The molecule has 3 rings (SSSR count). The van der Waals surface area contributed by atoms with Crippen molar-refractivity contribution in [3.8, 4) is 11.3 Å². The molecular weight excluding hydrogens is 242 g/mol. The predicted molar refractivity (Wildman–Crippen MR) is 85.9 cm³/mol. The Morgan fingerprint density at radius 3 is 2.40 bits per heavy atom. The van der Waals surface area contributed by atoms with E-state index in [2.05, 4.69) is 69.3 Å². The standard InChI is InChI=1S/C19H19N/c1-19(2,3)16-9-6-8-15(13-16)18-12-11-14-7-4-5-10-17(14)20-18/h4-13H,1-3H3. The third-order valence-electron chi connectivity index (χ3n) is 3.62. The number of benzene rings is 2. The van der Waals surface area contributed by atoms with Crippen LogP contribution in [-0.2, 0) is 5.41 Å². The van der Waals surface area contributed by atoms with Gasteiger partial charge in [-0.25, -0.2) is 4.98 Å². The van der Waals surface area contributed by atoms with Crippen LogP contribution in [-0.4, -0.2) is 4.98 Å². The summed E-state index contributed by atoms with van der Waals surface area (Å²) in [6.45, 7) is 6.71. The Morgan fingerprint density at radius 1 is 0.800 bits per heavy atom. The highest BCUT2D eigenvalue weighted by Gasteiger charge is 2.14. The van der Waals surface area contributed by atoms with Gasteiger partial charge in [0.2, 0.25) is 0 Å². The molecule has 0 aliphatic rings. The minimum Gasteiger partial charge on any atom is -0.248 e. The SMILES string of the molecule is CC(C)(C)c1cccc(-c2ccc3ccccc3n2)c1. The van der Waals surface area contributed by atoms with Crippen LogP contribution in [0.2, 0.25) is 0 Å². The quantitative estimate of drug-likeness (QED) is 0.586. The first-order chi connectivity index (χ1) is 9.54.